The standard InChI is InChI=1S/C12H23NO2/c1-4-15-12(14)11(9(2)3)13-10-7-5-6-8-10/h9-11,13H,4-8H2,1-3H3. The molecule has 1 saturated carbocycles. The highest BCUT2D eigenvalue weighted by Gasteiger charge is 2.27. The molecule has 15 heavy (non-hydrogen) atoms. The third kappa shape index (κ3) is 3.82. The molecule has 1 rings (SSSR count). The first-order chi connectivity index (χ1) is 7.15. The minimum Gasteiger partial charge on any atom is -0.465 e. The lowest BCUT2D eigenvalue weighted by atomic mass is 10.0. The summed E-state index contributed by atoms with van der Waals surface area (Å²) in [4.78, 5) is 11.7. The van der Waals surface area contributed by atoms with Crippen LogP contribution in [0.25, 0.3) is 0 Å². The van der Waals surface area contributed by atoms with Gasteiger partial charge in [-0.15, -0.1) is 0 Å². The zero-order valence-corrected chi connectivity index (χ0v) is 10.1. The van der Waals surface area contributed by atoms with Crippen molar-refractivity contribution in [2.75, 3.05) is 6.61 Å². The summed E-state index contributed by atoms with van der Waals surface area (Å²) in [6, 6.07) is 0.384. The predicted octanol–water partition coefficient (Wildman–Crippen LogP) is 2.11. The molecule has 0 heterocycles. The van der Waals surface area contributed by atoms with Gasteiger partial charge in [-0.3, -0.25) is 4.79 Å². The van der Waals surface area contributed by atoms with Gasteiger partial charge in [-0.05, 0) is 25.7 Å². The van der Waals surface area contributed by atoms with E-state index in [9.17, 15) is 4.79 Å². The number of nitrogens with one attached hydrogen (secondary N) is 1. The van der Waals surface area contributed by atoms with E-state index in [4.69, 9.17) is 4.74 Å². The van der Waals surface area contributed by atoms with E-state index in [0.29, 0.717) is 18.6 Å². The Kier molecular flexibility index (Phi) is 5.09. The van der Waals surface area contributed by atoms with Gasteiger partial charge < -0.3 is 10.1 Å². The van der Waals surface area contributed by atoms with Crippen molar-refractivity contribution in [3.05, 3.63) is 0 Å². The molecule has 0 radical (unpaired) electrons. The third-order valence-electron chi connectivity index (χ3n) is 2.98. The van der Waals surface area contributed by atoms with Crippen LogP contribution in [-0.4, -0.2) is 24.7 Å². The van der Waals surface area contributed by atoms with E-state index in [1.165, 1.54) is 25.7 Å². The van der Waals surface area contributed by atoms with Crippen LogP contribution in [0, 0.1) is 5.92 Å². The second-order valence-corrected chi connectivity index (χ2v) is 4.62. The summed E-state index contributed by atoms with van der Waals surface area (Å²) in [5.74, 6) is 0.198. The zero-order chi connectivity index (χ0) is 11.3. The number of carbonyl (C=O) groups is 1. The first-order valence-electron chi connectivity index (χ1n) is 6.07. The van der Waals surface area contributed by atoms with Gasteiger partial charge >= 0.3 is 5.97 Å². The molecule has 0 amide bonds. The average Bonchev–Trinajstić information content (AvgIpc) is 2.66. The monoisotopic (exact) mass is 213 g/mol. The third-order valence-corrected chi connectivity index (χ3v) is 2.98. The molecule has 0 aromatic rings. The summed E-state index contributed by atoms with van der Waals surface area (Å²) in [5, 5.41) is 3.43. The van der Waals surface area contributed by atoms with Gasteiger partial charge in [-0.2, -0.15) is 0 Å². The molecule has 1 N–H and O–H groups in total. The van der Waals surface area contributed by atoms with Crippen molar-refractivity contribution in [3.8, 4) is 0 Å². The van der Waals surface area contributed by atoms with Gasteiger partial charge in [0.05, 0.1) is 6.61 Å². The maximum atomic E-state index is 11.7. The van der Waals surface area contributed by atoms with Gasteiger partial charge in [0.2, 0.25) is 0 Å². The lowest BCUT2D eigenvalue weighted by molar-refractivity contribution is -0.147. The second kappa shape index (κ2) is 6.11. The normalized spacial score (nSPS) is 19.5. The van der Waals surface area contributed by atoms with Crippen molar-refractivity contribution in [2.24, 2.45) is 5.92 Å². The summed E-state index contributed by atoms with van der Waals surface area (Å²) in [6.07, 6.45) is 4.96. The van der Waals surface area contributed by atoms with Crippen LogP contribution in [0.3, 0.4) is 0 Å². The Hall–Kier alpha value is -0.570. The van der Waals surface area contributed by atoms with Crippen LogP contribution in [0.4, 0.5) is 0 Å². The Bertz CT molecular complexity index is 198. The molecular weight excluding hydrogens is 190 g/mol. The molecule has 1 unspecified atom stereocenters. The first kappa shape index (κ1) is 12.5. The SMILES string of the molecule is CCOC(=O)C(NC1CCCC1)C(C)C. The molecule has 88 valence electrons. The van der Waals surface area contributed by atoms with Crippen LogP contribution in [0.5, 0.6) is 0 Å². The molecule has 3 heteroatoms. The Balaban J connectivity index is 2.45. The smallest absolute Gasteiger partial charge is 0.323 e. The van der Waals surface area contributed by atoms with Crippen molar-refractivity contribution >= 4 is 5.97 Å². The van der Waals surface area contributed by atoms with E-state index in [2.05, 4.69) is 19.2 Å². The van der Waals surface area contributed by atoms with Gasteiger partial charge in [0.1, 0.15) is 6.04 Å². The summed E-state index contributed by atoms with van der Waals surface area (Å²) in [7, 11) is 0. The van der Waals surface area contributed by atoms with Crippen molar-refractivity contribution in [1.82, 2.24) is 5.32 Å². The molecule has 1 aliphatic rings. The molecule has 0 aliphatic heterocycles. The second-order valence-electron chi connectivity index (χ2n) is 4.62. The quantitative estimate of drug-likeness (QED) is 0.711. The first-order valence-corrected chi connectivity index (χ1v) is 6.07. The molecule has 1 aliphatic carbocycles. The number of rotatable bonds is 5. The predicted molar refractivity (Wildman–Crippen MR) is 60.7 cm³/mol. The van der Waals surface area contributed by atoms with Gasteiger partial charge in [-0.1, -0.05) is 26.7 Å². The average molecular weight is 213 g/mol. The number of carbonyl (C=O) groups excluding carboxylic acids is 1. The van der Waals surface area contributed by atoms with E-state index in [0.717, 1.165) is 0 Å². The summed E-state index contributed by atoms with van der Waals surface area (Å²) in [6.45, 7) is 6.44. The largest absolute Gasteiger partial charge is 0.465 e. The molecule has 1 fully saturated rings. The van der Waals surface area contributed by atoms with Crippen LogP contribution in [0.15, 0.2) is 0 Å². The van der Waals surface area contributed by atoms with Gasteiger partial charge in [0.15, 0.2) is 0 Å². The lowest BCUT2D eigenvalue weighted by Gasteiger charge is -2.24. The molecule has 0 saturated heterocycles. The van der Waals surface area contributed by atoms with Crippen LogP contribution < -0.4 is 5.32 Å². The molecule has 0 aromatic carbocycles. The summed E-state index contributed by atoms with van der Waals surface area (Å²) in [5.41, 5.74) is 0. The summed E-state index contributed by atoms with van der Waals surface area (Å²) < 4.78 is 5.07. The maximum absolute atomic E-state index is 11.7. The topological polar surface area (TPSA) is 38.3 Å². The van der Waals surface area contributed by atoms with Gasteiger partial charge in [0.25, 0.3) is 0 Å². The van der Waals surface area contributed by atoms with E-state index in [-0.39, 0.29) is 12.0 Å². The molecule has 3 nitrogen and oxygen atoms in total. The molecular formula is C12H23NO2. The van der Waals surface area contributed by atoms with Gasteiger partial charge in [-0.25, -0.2) is 0 Å². The number of hydrogen-bond acceptors (Lipinski definition) is 3. The number of esters is 1. The van der Waals surface area contributed by atoms with E-state index in [1.807, 2.05) is 6.92 Å². The molecule has 1 atom stereocenters. The molecule has 0 aromatic heterocycles. The minimum atomic E-state index is -0.131. The summed E-state index contributed by atoms with van der Waals surface area (Å²) >= 11 is 0. The Labute approximate surface area is 92.6 Å². The Morgan fingerprint density at radius 3 is 2.47 bits per heavy atom. The van der Waals surface area contributed by atoms with Gasteiger partial charge in [0, 0.05) is 6.04 Å². The van der Waals surface area contributed by atoms with E-state index >= 15 is 0 Å². The Morgan fingerprint density at radius 2 is 2.00 bits per heavy atom. The van der Waals surface area contributed by atoms with Crippen molar-refractivity contribution in [1.29, 1.82) is 0 Å². The zero-order valence-electron chi connectivity index (χ0n) is 10.1. The Morgan fingerprint density at radius 1 is 1.40 bits per heavy atom. The highest BCUT2D eigenvalue weighted by molar-refractivity contribution is 5.76. The lowest BCUT2D eigenvalue weighted by Crippen LogP contribution is -2.46. The van der Waals surface area contributed by atoms with Crippen LogP contribution in [0.1, 0.15) is 46.5 Å². The number of ether oxygens (including phenoxy) is 1. The van der Waals surface area contributed by atoms with Crippen LogP contribution >= 0.6 is 0 Å². The fourth-order valence-corrected chi connectivity index (χ4v) is 2.11. The highest BCUT2D eigenvalue weighted by Crippen LogP contribution is 2.19. The minimum absolute atomic E-state index is 0.0978. The number of hydrogen-bond donors (Lipinski definition) is 1. The van der Waals surface area contributed by atoms with E-state index < -0.39 is 0 Å². The van der Waals surface area contributed by atoms with E-state index in [1.54, 1.807) is 0 Å². The molecule has 0 bridgehead atoms. The van der Waals surface area contributed by atoms with Crippen molar-refractivity contribution < 1.29 is 9.53 Å². The van der Waals surface area contributed by atoms with Crippen molar-refractivity contribution in [3.63, 3.8) is 0 Å². The van der Waals surface area contributed by atoms with Crippen molar-refractivity contribution in [2.45, 2.75) is 58.5 Å². The fourth-order valence-electron chi connectivity index (χ4n) is 2.11. The fraction of sp³-hybridized carbons (Fsp3) is 0.917. The highest BCUT2D eigenvalue weighted by atomic mass is 16.5. The van der Waals surface area contributed by atoms with Crippen LogP contribution in [-0.2, 0) is 9.53 Å². The maximum Gasteiger partial charge on any atom is 0.323 e. The molecule has 0 spiro atoms. The van der Waals surface area contributed by atoms with Crippen LogP contribution in [0.2, 0.25) is 0 Å².